The number of rotatable bonds is 1. The van der Waals surface area contributed by atoms with Crippen molar-refractivity contribution in [3.05, 3.63) is 88.5 Å². The van der Waals surface area contributed by atoms with Crippen molar-refractivity contribution in [2.75, 3.05) is 0 Å². The Morgan fingerprint density at radius 2 is 1.00 bits per heavy atom. The van der Waals surface area contributed by atoms with Crippen LogP contribution in [0.15, 0.2) is 83.0 Å². The minimum atomic E-state index is 0. The van der Waals surface area contributed by atoms with E-state index in [1.165, 1.54) is 5.56 Å². The van der Waals surface area contributed by atoms with Gasteiger partial charge in [-0.25, -0.2) is 0 Å². The standard InChI is InChI=1S/C7H7Cl.4C2H4.H3N/c8-6-7-4-2-1-3-5-7;4*1-2;/h1-5H,6H2;4*1-2H2;1H3/p+1. The molecule has 17 heavy (non-hydrogen) atoms. The molecule has 1 aromatic carbocycles. The van der Waals surface area contributed by atoms with E-state index in [2.05, 4.69) is 52.6 Å². The highest BCUT2D eigenvalue weighted by atomic mass is 35.5. The third-order valence-corrected chi connectivity index (χ3v) is 1.31. The van der Waals surface area contributed by atoms with E-state index in [4.69, 9.17) is 11.6 Å². The summed E-state index contributed by atoms with van der Waals surface area (Å²) in [4.78, 5) is 0. The summed E-state index contributed by atoms with van der Waals surface area (Å²) in [5, 5.41) is 0. The van der Waals surface area contributed by atoms with Crippen LogP contribution in [0.25, 0.3) is 0 Å². The Hall–Kier alpha value is -1.57. The van der Waals surface area contributed by atoms with E-state index >= 15 is 0 Å². The summed E-state index contributed by atoms with van der Waals surface area (Å²) in [6, 6.07) is 9.96. The minimum absolute atomic E-state index is 0. The van der Waals surface area contributed by atoms with Gasteiger partial charge in [-0.2, -0.15) is 0 Å². The smallest absolute Gasteiger partial charge is 0.0474 e. The van der Waals surface area contributed by atoms with Gasteiger partial charge < -0.3 is 6.15 Å². The Bertz CT molecular complexity index is 191. The molecule has 0 aliphatic heterocycles. The summed E-state index contributed by atoms with van der Waals surface area (Å²) < 4.78 is 0. The van der Waals surface area contributed by atoms with Gasteiger partial charge in [0, 0.05) is 5.88 Å². The summed E-state index contributed by atoms with van der Waals surface area (Å²) in [6.45, 7) is 24.0. The van der Waals surface area contributed by atoms with E-state index in [9.17, 15) is 0 Å². The van der Waals surface area contributed by atoms with Crippen LogP contribution in [0.5, 0.6) is 0 Å². The molecule has 0 saturated heterocycles. The van der Waals surface area contributed by atoms with Gasteiger partial charge in [0.05, 0.1) is 0 Å². The average molecular weight is 257 g/mol. The van der Waals surface area contributed by atoms with Crippen LogP contribution < -0.4 is 6.15 Å². The van der Waals surface area contributed by atoms with Crippen LogP contribution in [-0.2, 0) is 5.88 Å². The van der Waals surface area contributed by atoms with Crippen molar-refractivity contribution in [3.63, 3.8) is 0 Å². The molecular weight excluding hydrogens is 230 g/mol. The Morgan fingerprint density at radius 1 is 0.706 bits per heavy atom. The van der Waals surface area contributed by atoms with Crippen LogP contribution >= 0.6 is 11.6 Å². The maximum absolute atomic E-state index is 5.53. The third-order valence-electron chi connectivity index (χ3n) is 0.997. The molecule has 0 aliphatic carbocycles. The Balaban J connectivity index is -0.0000000462. The van der Waals surface area contributed by atoms with Gasteiger partial charge in [-0.1, -0.05) is 30.3 Å². The van der Waals surface area contributed by atoms with Gasteiger partial charge in [0.15, 0.2) is 0 Å². The minimum Gasteiger partial charge on any atom is -0.369 e. The van der Waals surface area contributed by atoms with Crippen LogP contribution in [0.2, 0.25) is 0 Å². The highest BCUT2D eigenvalue weighted by molar-refractivity contribution is 6.17. The highest BCUT2D eigenvalue weighted by Gasteiger charge is 1.81. The lowest BCUT2D eigenvalue weighted by molar-refractivity contribution is 1.41. The molecule has 1 aromatic rings. The van der Waals surface area contributed by atoms with E-state index in [0.29, 0.717) is 5.88 Å². The first kappa shape index (κ1) is 29.5. The van der Waals surface area contributed by atoms with E-state index < -0.39 is 0 Å². The maximum atomic E-state index is 5.53. The van der Waals surface area contributed by atoms with Gasteiger partial charge in [0.1, 0.15) is 0 Å². The Labute approximate surface area is 112 Å². The quantitative estimate of drug-likeness (QED) is 0.472. The molecule has 0 amide bonds. The van der Waals surface area contributed by atoms with Crippen LogP contribution in [0, 0.1) is 0 Å². The molecule has 0 atom stereocenters. The molecule has 98 valence electrons. The van der Waals surface area contributed by atoms with Crippen LogP contribution in [-0.4, -0.2) is 0 Å². The molecular formula is C15H27ClN+. The predicted molar refractivity (Wildman–Crippen MR) is 87.0 cm³/mol. The molecule has 1 nitrogen and oxygen atoms in total. The fourth-order valence-corrected chi connectivity index (χ4v) is 0.745. The zero-order chi connectivity index (χ0) is 13.8. The summed E-state index contributed by atoms with van der Waals surface area (Å²) in [5.74, 6) is 0.612. The van der Waals surface area contributed by atoms with Crippen LogP contribution in [0.3, 0.4) is 0 Å². The summed E-state index contributed by atoms with van der Waals surface area (Å²) >= 11 is 5.53. The van der Waals surface area contributed by atoms with Crippen molar-refractivity contribution >= 4 is 11.6 Å². The van der Waals surface area contributed by atoms with Crippen molar-refractivity contribution < 1.29 is 0 Å². The first-order valence-corrected chi connectivity index (χ1v) is 5.07. The van der Waals surface area contributed by atoms with Crippen molar-refractivity contribution in [1.29, 1.82) is 0 Å². The molecule has 0 heterocycles. The van der Waals surface area contributed by atoms with Crippen molar-refractivity contribution in [2.24, 2.45) is 0 Å². The number of hydrogen-bond acceptors (Lipinski definition) is 0. The number of halogens is 1. The Kier molecular flexibility index (Phi) is 81.9. The summed E-state index contributed by atoms with van der Waals surface area (Å²) in [6.07, 6.45) is 0. The van der Waals surface area contributed by atoms with E-state index in [1.54, 1.807) is 0 Å². The van der Waals surface area contributed by atoms with Crippen molar-refractivity contribution in [1.82, 2.24) is 6.15 Å². The third kappa shape index (κ3) is 31.4. The lowest BCUT2D eigenvalue weighted by atomic mass is 10.2. The number of alkyl halides is 1. The van der Waals surface area contributed by atoms with Gasteiger partial charge >= 0.3 is 0 Å². The first-order chi connectivity index (χ1) is 7.93. The van der Waals surface area contributed by atoms with Crippen LogP contribution in [0.4, 0.5) is 0 Å². The molecule has 0 aromatic heterocycles. The molecule has 0 aliphatic rings. The molecule has 0 radical (unpaired) electrons. The second-order valence-electron chi connectivity index (χ2n) is 1.62. The molecule has 0 spiro atoms. The fraction of sp³-hybridized carbons (Fsp3) is 0.0667. The Morgan fingerprint density at radius 3 is 1.18 bits per heavy atom. The molecule has 0 unspecified atom stereocenters. The largest absolute Gasteiger partial charge is 0.369 e. The maximum Gasteiger partial charge on any atom is 0.0474 e. The van der Waals surface area contributed by atoms with Crippen molar-refractivity contribution in [2.45, 2.75) is 5.88 Å². The van der Waals surface area contributed by atoms with E-state index in [-0.39, 0.29) is 6.15 Å². The molecule has 1 rings (SSSR count). The first-order valence-electron chi connectivity index (χ1n) is 4.53. The molecule has 2 heteroatoms. The number of hydrogen-bond donors (Lipinski definition) is 1. The number of quaternary nitrogens is 1. The second kappa shape index (κ2) is 47.1. The molecule has 0 fully saturated rings. The average Bonchev–Trinajstić information content (AvgIpc) is 2.48. The van der Waals surface area contributed by atoms with E-state index in [0.717, 1.165) is 0 Å². The molecule has 0 bridgehead atoms. The zero-order valence-electron chi connectivity index (χ0n) is 11.1. The number of benzene rings is 1. The lowest BCUT2D eigenvalue weighted by Crippen LogP contribution is -1.71. The summed E-state index contributed by atoms with van der Waals surface area (Å²) in [7, 11) is 0. The normalized spacial score (nSPS) is 5.24. The van der Waals surface area contributed by atoms with Gasteiger partial charge in [0.2, 0.25) is 0 Å². The SMILES string of the molecule is C=C.C=C.C=C.C=C.ClCc1ccccc1.[NH4+]. The summed E-state index contributed by atoms with van der Waals surface area (Å²) in [5.41, 5.74) is 1.18. The zero-order valence-corrected chi connectivity index (χ0v) is 11.9. The van der Waals surface area contributed by atoms with E-state index in [1.807, 2.05) is 30.3 Å². The van der Waals surface area contributed by atoms with Gasteiger partial charge in [-0.15, -0.1) is 64.2 Å². The monoisotopic (exact) mass is 256 g/mol. The lowest BCUT2D eigenvalue weighted by Gasteiger charge is -1.88. The fourth-order valence-electron chi connectivity index (χ4n) is 0.567. The topological polar surface area (TPSA) is 36.5 Å². The van der Waals surface area contributed by atoms with Gasteiger partial charge in [0.25, 0.3) is 0 Å². The second-order valence-corrected chi connectivity index (χ2v) is 1.89. The van der Waals surface area contributed by atoms with Gasteiger partial charge in [-0.05, 0) is 5.56 Å². The van der Waals surface area contributed by atoms with Gasteiger partial charge in [-0.3, -0.25) is 0 Å². The molecule has 0 saturated carbocycles. The van der Waals surface area contributed by atoms with Crippen molar-refractivity contribution in [3.8, 4) is 0 Å². The highest BCUT2D eigenvalue weighted by Crippen LogP contribution is 2.00. The van der Waals surface area contributed by atoms with Crippen LogP contribution in [0.1, 0.15) is 5.56 Å². The predicted octanol–water partition coefficient (Wildman–Crippen LogP) is 6.01. The molecule has 4 N–H and O–H groups in total.